The monoisotopic (exact) mass is 527 g/mol. The van der Waals surface area contributed by atoms with Crippen LogP contribution in [0.5, 0.6) is 5.88 Å². The van der Waals surface area contributed by atoms with E-state index in [1.807, 2.05) is 0 Å². The number of aromatic nitrogens is 3. The van der Waals surface area contributed by atoms with Crippen molar-refractivity contribution in [3.63, 3.8) is 0 Å². The Morgan fingerprint density at radius 1 is 0.947 bits per heavy atom. The van der Waals surface area contributed by atoms with Crippen molar-refractivity contribution in [3.05, 3.63) is 90.0 Å². The van der Waals surface area contributed by atoms with Crippen LogP contribution in [0.3, 0.4) is 0 Å². The molecule has 2 aromatic heterocycles. The second-order valence-electron chi connectivity index (χ2n) is 8.32. The Bertz CT molecular complexity index is 1430. The molecule has 4 rings (SSSR count). The van der Waals surface area contributed by atoms with Gasteiger partial charge in [0.1, 0.15) is 6.04 Å². The summed E-state index contributed by atoms with van der Waals surface area (Å²) in [5.74, 6) is -2.55. The van der Waals surface area contributed by atoms with E-state index in [2.05, 4.69) is 15.0 Å². The van der Waals surface area contributed by atoms with Crippen LogP contribution in [-0.4, -0.2) is 38.2 Å². The molecule has 2 atom stereocenters. The third-order valence-corrected chi connectivity index (χ3v) is 5.55. The van der Waals surface area contributed by atoms with Gasteiger partial charge in [-0.1, -0.05) is 48.5 Å². The van der Waals surface area contributed by atoms with Gasteiger partial charge in [-0.05, 0) is 29.2 Å². The second-order valence-corrected chi connectivity index (χ2v) is 8.32. The molecule has 0 aliphatic heterocycles. The number of hydrogen-bond acceptors (Lipinski definition) is 7. The van der Waals surface area contributed by atoms with Crippen LogP contribution in [0.2, 0.25) is 0 Å². The molecular weight excluding hydrogens is 506 g/mol. The van der Waals surface area contributed by atoms with Gasteiger partial charge in [-0.25, -0.2) is 9.97 Å². The van der Waals surface area contributed by atoms with E-state index in [0.29, 0.717) is 22.3 Å². The summed E-state index contributed by atoms with van der Waals surface area (Å²) < 4.78 is 60.6. The molecule has 2 heterocycles. The van der Waals surface area contributed by atoms with E-state index in [0.717, 1.165) is 0 Å². The maximum atomic E-state index is 14.0. The van der Waals surface area contributed by atoms with Crippen LogP contribution in [0.1, 0.15) is 17.2 Å². The summed E-state index contributed by atoms with van der Waals surface area (Å²) in [6.45, 7) is 0. The first-order valence-electron chi connectivity index (χ1n) is 11.2. The van der Waals surface area contributed by atoms with Gasteiger partial charge in [0.2, 0.25) is 23.9 Å². The smallest absolute Gasteiger partial charge is 0.429 e. The minimum atomic E-state index is -4.80. The van der Waals surface area contributed by atoms with E-state index in [1.54, 1.807) is 24.3 Å². The molecule has 12 heteroatoms. The molecule has 0 saturated heterocycles. The van der Waals surface area contributed by atoms with Crippen molar-refractivity contribution in [3.8, 4) is 28.3 Å². The largest absolute Gasteiger partial charge is 0.480 e. The number of alkyl halides is 3. The number of hydrogen-bond donors (Lipinski definition) is 3. The lowest BCUT2D eigenvalue weighted by Crippen LogP contribution is -2.32. The molecule has 0 aliphatic rings. The minimum absolute atomic E-state index is 0.0953. The predicted molar refractivity (Wildman–Crippen MR) is 130 cm³/mol. The van der Waals surface area contributed by atoms with Crippen LogP contribution in [0, 0.1) is 5.95 Å². The molecule has 196 valence electrons. The lowest BCUT2D eigenvalue weighted by Gasteiger charge is -2.22. The van der Waals surface area contributed by atoms with E-state index in [-0.39, 0.29) is 23.6 Å². The van der Waals surface area contributed by atoms with Gasteiger partial charge in [0.15, 0.2) is 0 Å². The summed E-state index contributed by atoms with van der Waals surface area (Å²) in [6.07, 6.45) is -5.81. The van der Waals surface area contributed by atoms with E-state index < -0.39 is 36.1 Å². The molecular formula is C26H21F4N5O3. The fraction of sp³-hybridized carbons (Fsp3) is 0.154. The zero-order chi connectivity index (χ0) is 27.4. The highest BCUT2D eigenvalue weighted by molar-refractivity contribution is 5.73. The molecule has 0 unspecified atom stereocenters. The number of ether oxygens (including phenoxy) is 1. The van der Waals surface area contributed by atoms with Gasteiger partial charge in [-0.15, -0.1) is 0 Å². The number of nitrogens with two attached hydrogens (primary N) is 2. The van der Waals surface area contributed by atoms with Crippen LogP contribution >= 0.6 is 0 Å². The summed E-state index contributed by atoms with van der Waals surface area (Å²) in [5.41, 5.74) is 13.4. The van der Waals surface area contributed by atoms with Crippen LogP contribution in [0.15, 0.2) is 72.9 Å². The van der Waals surface area contributed by atoms with Crippen molar-refractivity contribution in [2.45, 2.75) is 24.7 Å². The molecule has 38 heavy (non-hydrogen) atoms. The topological polar surface area (TPSA) is 137 Å². The molecule has 0 aliphatic carbocycles. The van der Waals surface area contributed by atoms with Crippen molar-refractivity contribution < 1.29 is 32.2 Å². The predicted octanol–water partition coefficient (Wildman–Crippen LogP) is 4.56. The number of carbonyl (C=O) groups is 1. The SMILES string of the molecule is Nc1nc(O[C@H](c2ccc(-c3ccnc(F)c3)cc2)C(F)(F)F)cc(-c2ccc(C[C@H](N)C(=O)O)cc2)n1. The third-order valence-electron chi connectivity index (χ3n) is 5.55. The van der Waals surface area contributed by atoms with Gasteiger partial charge in [-0.3, -0.25) is 4.79 Å². The molecule has 0 saturated carbocycles. The lowest BCUT2D eigenvalue weighted by molar-refractivity contribution is -0.198. The number of aliphatic carboxylic acids is 1. The highest BCUT2D eigenvalue weighted by Gasteiger charge is 2.43. The number of pyridine rings is 1. The standard InChI is InChI=1S/C26H21F4N5O3/c27-21-12-18(9-10-33-21)15-5-7-17(8-6-15)23(26(28,29)30)38-22-13-20(34-25(32)35-22)16-3-1-14(2-4-16)11-19(31)24(36)37/h1-10,12-13,19,23H,11,31H2,(H,36,37)(H2,32,34,35)/t19-,23+/m0/s1. The average molecular weight is 527 g/mol. The molecule has 0 radical (unpaired) electrons. The van der Waals surface area contributed by atoms with Gasteiger partial charge in [-0.2, -0.15) is 22.5 Å². The summed E-state index contributed by atoms with van der Waals surface area (Å²) in [7, 11) is 0. The van der Waals surface area contributed by atoms with Crippen LogP contribution in [0.25, 0.3) is 22.4 Å². The number of anilines is 1. The second kappa shape index (κ2) is 10.8. The number of rotatable bonds is 8. The highest BCUT2D eigenvalue weighted by Crippen LogP contribution is 2.38. The molecule has 0 bridgehead atoms. The van der Waals surface area contributed by atoms with E-state index >= 15 is 0 Å². The molecule has 2 aromatic carbocycles. The number of carboxylic acids is 1. The number of nitrogens with zero attached hydrogens (tertiary/aromatic N) is 3. The van der Waals surface area contributed by atoms with Crippen molar-refractivity contribution in [2.24, 2.45) is 5.73 Å². The summed E-state index contributed by atoms with van der Waals surface area (Å²) in [4.78, 5) is 22.3. The molecule has 0 spiro atoms. The molecule has 0 fully saturated rings. The van der Waals surface area contributed by atoms with Crippen molar-refractivity contribution in [2.75, 3.05) is 5.73 Å². The number of halogens is 4. The average Bonchev–Trinajstić information content (AvgIpc) is 2.87. The Morgan fingerprint density at radius 3 is 2.21 bits per heavy atom. The highest BCUT2D eigenvalue weighted by atomic mass is 19.4. The number of nitrogen functional groups attached to an aromatic ring is 1. The van der Waals surface area contributed by atoms with Crippen molar-refractivity contribution in [1.82, 2.24) is 15.0 Å². The summed E-state index contributed by atoms with van der Waals surface area (Å²) in [5, 5.41) is 8.96. The molecule has 0 amide bonds. The van der Waals surface area contributed by atoms with Gasteiger partial charge in [0.25, 0.3) is 0 Å². The molecule has 4 aromatic rings. The van der Waals surface area contributed by atoms with Gasteiger partial charge < -0.3 is 21.3 Å². The van der Waals surface area contributed by atoms with E-state index in [9.17, 15) is 22.4 Å². The fourth-order valence-corrected chi connectivity index (χ4v) is 3.68. The van der Waals surface area contributed by atoms with Crippen molar-refractivity contribution in [1.29, 1.82) is 0 Å². The molecule has 5 N–H and O–H groups in total. The van der Waals surface area contributed by atoms with Crippen LogP contribution in [-0.2, 0) is 11.2 Å². The van der Waals surface area contributed by atoms with Gasteiger partial charge >= 0.3 is 12.1 Å². The zero-order valence-corrected chi connectivity index (χ0v) is 19.6. The van der Waals surface area contributed by atoms with E-state index in [4.69, 9.17) is 21.3 Å². The maximum Gasteiger partial charge on any atom is 0.429 e. The van der Waals surface area contributed by atoms with Crippen molar-refractivity contribution >= 4 is 11.9 Å². The Balaban J connectivity index is 1.58. The summed E-state index contributed by atoms with van der Waals surface area (Å²) in [6, 6.07) is 14.6. The first-order valence-corrected chi connectivity index (χ1v) is 11.2. The van der Waals surface area contributed by atoms with E-state index in [1.165, 1.54) is 48.7 Å². The van der Waals surface area contributed by atoms with Gasteiger partial charge in [0.05, 0.1) is 5.69 Å². The first-order chi connectivity index (χ1) is 18.0. The third kappa shape index (κ3) is 6.40. The minimum Gasteiger partial charge on any atom is -0.480 e. The number of carboxylic acid groups (broad SMARTS) is 1. The lowest BCUT2D eigenvalue weighted by atomic mass is 10.0. The normalized spacial score (nSPS) is 13.1. The zero-order valence-electron chi connectivity index (χ0n) is 19.6. The van der Waals surface area contributed by atoms with Gasteiger partial charge in [0, 0.05) is 29.5 Å². The Morgan fingerprint density at radius 2 is 1.61 bits per heavy atom. The Hall–Kier alpha value is -4.58. The molecule has 8 nitrogen and oxygen atoms in total. The first kappa shape index (κ1) is 26.5. The Kier molecular flexibility index (Phi) is 7.53. The van der Waals surface area contributed by atoms with Crippen LogP contribution in [0.4, 0.5) is 23.5 Å². The maximum absolute atomic E-state index is 14.0. The quantitative estimate of drug-likeness (QED) is 0.224. The Labute approximate surface area is 213 Å². The fourth-order valence-electron chi connectivity index (χ4n) is 3.68. The number of benzene rings is 2. The summed E-state index contributed by atoms with van der Waals surface area (Å²) >= 11 is 0. The van der Waals surface area contributed by atoms with Crippen LogP contribution < -0.4 is 16.2 Å².